The molecule has 1 aliphatic rings. The van der Waals surface area contributed by atoms with Gasteiger partial charge in [-0.25, -0.2) is 15.0 Å². The van der Waals surface area contributed by atoms with Crippen molar-refractivity contribution in [1.29, 1.82) is 0 Å². The Balaban J connectivity index is 1.79. The average Bonchev–Trinajstić information content (AvgIpc) is 2.97. The normalized spacial score (nSPS) is 18.9. The van der Waals surface area contributed by atoms with Crippen LogP contribution in [-0.2, 0) is 6.54 Å². The van der Waals surface area contributed by atoms with Crippen LogP contribution < -0.4 is 11.5 Å². The van der Waals surface area contributed by atoms with Crippen molar-refractivity contribution in [1.82, 2.24) is 19.5 Å². The van der Waals surface area contributed by atoms with E-state index in [1.165, 1.54) is 6.42 Å². The number of nitrogens with two attached hydrogens (primary N) is 2. The molecule has 4 rings (SSSR count). The van der Waals surface area contributed by atoms with Crippen molar-refractivity contribution in [2.24, 2.45) is 11.3 Å². The minimum Gasteiger partial charge on any atom is -0.384 e. The van der Waals surface area contributed by atoms with Crippen LogP contribution in [0.5, 0.6) is 0 Å². The van der Waals surface area contributed by atoms with E-state index in [0.29, 0.717) is 23.0 Å². The highest BCUT2D eigenvalue weighted by molar-refractivity contribution is 5.77. The summed E-state index contributed by atoms with van der Waals surface area (Å²) in [4.78, 5) is 13.5. The van der Waals surface area contributed by atoms with E-state index in [1.807, 2.05) is 19.1 Å². The molecule has 0 radical (unpaired) electrons. The second-order valence-corrected chi connectivity index (χ2v) is 7.40. The van der Waals surface area contributed by atoms with Gasteiger partial charge in [0.25, 0.3) is 0 Å². The van der Waals surface area contributed by atoms with E-state index in [-0.39, 0.29) is 0 Å². The predicted octanol–water partition coefficient (Wildman–Crippen LogP) is 3.01. The molecule has 0 saturated heterocycles. The molecule has 6 heteroatoms. The number of hydrogen-bond donors (Lipinski definition) is 2. The predicted molar refractivity (Wildman–Crippen MR) is 96.2 cm³/mol. The maximum Gasteiger partial charge on any atom is 0.160 e. The Kier molecular flexibility index (Phi) is 3.07. The Morgan fingerprint density at radius 2 is 1.79 bits per heavy atom. The van der Waals surface area contributed by atoms with Crippen LogP contribution >= 0.6 is 0 Å². The molecule has 3 heterocycles. The second-order valence-electron chi connectivity index (χ2n) is 7.40. The highest BCUT2D eigenvalue weighted by Gasteiger charge is 2.45. The van der Waals surface area contributed by atoms with Crippen molar-refractivity contribution < 1.29 is 0 Å². The number of fused-ring (bicyclic) bond motifs is 1. The standard InChI is InChI=1S/C18H22N6/c1-10-21-14-5-4-13(11-6-15(19)23-16(20)7-11)22-17(14)24(10)9-12-8-18(12,2)3/h4-7,12H,8-9H2,1-3H3,(H4,19,20,23). The van der Waals surface area contributed by atoms with Gasteiger partial charge in [-0.1, -0.05) is 13.8 Å². The van der Waals surface area contributed by atoms with Crippen molar-refractivity contribution in [2.75, 3.05) is 11.5 Å². The summed E-state index contributed by atoms with van der Waals surface area (Å²) >= 11 is 0. The molecule has 3 aromatic heterocycles. The van der Waals surface area contributed by atoms with Gasteiger partial charge in [0.05, 0.1) is 5.69 Å². The molecule has 1 fully saturated rings. The van der Waals surface area contributed by atoms with Crippen molar-refractivity contribution in [3.8, 4) is 11.3 Å². The van der Waals surface area contributed by atoms with E-state index in [1.54, 1.807) is 12.1 Å². The SMILES string of the molecule is Cc1nc2ccc(-c3cc(N)nc(N)c3)nc2n1CC1CC1(C)C. The Labute approximate surface area is 140 Å². The van der Waals surface area contributed by atoms with E-state index in [4.69, 9.17) is 16.5 Å². The Hall–Kier alpha value is -2.63. The largest absolute Gasteiger partial charge is 0.384 e. The maximum atomic E-state index is 5.81. The number of hydrogen-bond acceptors (Lipinski definition) is 5. The van der Waals surface area contributed by atoms with Crippen LogP contribution in [-0.4, -0.2) is 19.5 Å². The molecule has 0 bridgehead atoms. The molecule has 1 aliphatic carbocycles. The number of nitrogens with zero attached hydrogens (tertiary/aromatic N) is 4. The fourth-order valence-electron chi connectivity index (χ4n) is 3.32. The Morgan fingerprint density at radius 1 is 1.12 bits per heavy atom. The summed E-state index contributed by atoms with van der Waals surface area (Å²) in [5.74, 6) is 2.49. The zero-order valence-corrected chi connectivity index (χ0v) is 14.2. The molecule has 1 saturated carbocycles. The molecule has 1 unspecified atom stereocenters. The van der Waals surface area contributed by atoms with Crippen LogP contribution in [0.25, 0.3) is 22.4 Å². The lowest BCUT2D eigenvalue weighted by molar-refractivity contribution is 0.498. The zero-order chi connectivity index (χ0) is 17.1. The van der Waals surface area contributed by atoms with Gasteiger partial charge in [-0.15, -0.1) is 0 Å². The summed E-state index contributed by atoms with van der Waals surface area (Å²) in [6, 6.07) is 7.55. The Bertz CT molecular complexity index is 920. The summed E-state index contributed by atoms with van der Waals surface area (Å²) in [7, 11) is 0. The maximum absolute atomic E-state index is 5.81. The summed E-state index contributed by atoms with van der Waals surface area (Å²) in [6.45, 7) is 7.63. The molecule has 0 aromatic carbocycles. The number of aryl methyl sites for hydroxylation is 1. The van der Waals surface area contributed by atoms with Gasteiger partial charge in [0.2, 0.25) is 0 Å². The third kappa shape index (κ3) is 2.48. The van der Waals surface area contributed by atoms with Crippen LogP contribution in [0.1, 0.15) is 26.1 Å². The van der Waals surface area contributed by atoms with Crippen molar-refractivity contribution in [3.05, 3.63) is 30.1 Å². The summed E-state index contributed by atoms with van der Waals surface area (Å²) in [6.07, 6.45) is 1.25. The van der Waals surface area contributed by atoms with Gasteiger partial charge in [0.1, 0.15) is 23.0 Å². The Morgan fingerprint density at radius 3 is 2.42 bits per heavy atom. The number of nitrogen functional groups attached to an aromatic ring is 2. The smallest absolute Gasteiger partial charge is 0.160 e. The number of imidazole rings is 1. The van der Waals surface area contributed by atoms with E-state index >= 15 is 0 Å². The first-order valence-corrected chi connectivity index (χ1v) is 8.21. The molecule has 124 valence electrons. The lowest BCUT2D eigenvalue weighted by Crippen LogP contribution is -2.06. The van der Waals surface area contributed by atoms with E-state index < -0.39 is 0 Å². The van der Waals surface area contributed by atoms with Crippen LogP contribution in [0.4, 0.5) is 11.6 Å². The van der Waals surface area contributed by atoms with Crippen LogP contribution in [0.2, 0.25) is 0 Å². The van der Waals surface area contributed by atoms with Crippen molar-refractivity contribution in [2.45, 2.75) is 33.7 Å². The number of anilines is 2. The topological polar surface area (TPSA) is 95.6 Å². The van der Waals surface area contributed by atoms with Gasteiger partial charge in [-0.3, -0.25) is 0 Å². The summed E-state index contributed by atoms with van der Waals surface area (Å²) in [5, 5.41) is 0. The lowest BCUT2D eigenvalue weighted by atomic mass is 10.1. The molecule has 0 aliphatic heterocycles. The first-order valence-electron chi connectivity index (χ1n) is 8.21. The number of pyridine rings is 2. The summed E-state index contributed by atoms with van der Waals surface area (Å²) < 4.78 is 2.23. The summed E-state index contributed by atoms with van der Waals surface area (Å²) in [5.41, 5.74) is 15.6. The average molecular weight is 322 g/mol. The fraction of sp³-hybridized carbons (Fsp3) is 0.389. The van der Waals surface area contributed by atoms with E-state index in [2.05, 4.69) is 28.4 Å². The lowest BCUT2D eigenvalue weighted by Gasteiger charge is -2.09. The van der Waals surface area contributed by atoms with Gasteiger partial charge in [-0.2, -0.15) is 0 Å². The molecular formula is C18H22N6. The highest BCUT2D eigenvalue weighted by Crippen LogP contribution is 2.52. The van der Waals surface area contributed by atoms with Gasteiger partial charge in [0.15, 0.2) is 5.65 Å². The van der Waals surface area contributed by atoms with E-state index in [9.17, 15) is 0 Å². The third-order valence-electron chi connectivity index (χ3n) is 5.06. The molecule has 24 heavy (non-hydrogen) atoms. The molecule has 3 aromatic rings. The van der Waals surface area contributed by atoms with Crippen LogP contribution in [0.3, 0.4) is 0 Å². The van der Waals surface area contributed by atoms with Crippen molar-refractivity contribution >= 4 is 22.8 Å². The van der Waals surface area contributed by atoms with E-state index in [0.717, 1.165) is 34.8 Å². The minimum atomic E-state index is 0.399. The van der Waals surface area contributed by atoms with Crippen LogP contribution in [0.15, 0.2) is 24.3 Å². The quantitative estimate of drug-likeness (QED) is 0.773. The van der Waals surface area contributed by atoms with Crippen molar-refractivity contribution in [3.63, 3.8) is 0 Å². The zero-order valence-electron chi connectivity index (χ0n) is 14.2. The molecule has 6 nitrogen and oxygen atoms in total. The fourth-order valence-corrected chi connectivity index (χ4v) is 3.32. The molecule has 0 amide bonds. The number of rotatable bonds is 3. The molecule has 1 atom stereocenters. The second kappa shape index (κ2) is 4.93. The van der Waals surface area contributed by atoms with Gasteiger partial charge in [-0.05, 0) is 48.9 Å². The minimum absolute atomic E-state index is 0.399. The monoisotopic (exact) mass is 322 g/mol. The highest BCUT2D eigenvalue weighted by atomic mass is 15.1. The van der Waals surface area contributed by atoms with Gasteiger partial charge >= 0.3 is 0 Å². The molecule has 4 N–H and O–H groups in total. The first-order chi connectivity index (χ1) is 11.3. The first kappa shape index (κ1) is 14.9. The molecule has 0 spiro atoms. The van der Waals surface area contributed by atoms with Gasteiger partial charge in [0, 0.05) is 12.1 Å². The number of aromatic nitrogens is 4. The van der Waals surface area contributed by atoms with Gasteiger partial charge < -0.3 is 16.0 Å². The van der Waals surface area contributed by atoms with Crippen LogP contribution in [0, 0.1) is 18.3 Å². The third-order valence-corrected chi connectivity index (χ3v) is 5.06. The molecular weight excluding hydrogens is 300 g/mol.